The van der Waals surface area contributed by atoms with Crippen LogP contribution < -0.4 is 10.6 Å². The maximum absolute atomic E-state index is 12.5. The molecule has 9 heteroatoms. The number of amides is 3. The molecule has 30 heavy (non-hydrogen) atoms. The van der Waals surface area contributed by atoms with Crippen LogP contribution in [0.25, 0.3) is 0 Å². The monoisotopic (exact) mass is 404 g/mol. The molecule has 2 N–H and O–H groups in total. The first-order valence-electron chi connectivity index (χ1n) is 10.3. The number of hydrogen-bond donors (Lipinski definition) is 2. The fourth-order valence-corrected chi connectivity index (χ4v) is 3.69. The lowest BCUT2D eigenvalue weighted by Crippen LogP contribution is -2.53. The molecule has 1 aliphatic rings. The number of nitrogens with one attached hydrogen (secondary N) is 2. The van der Waals surface area contributed by atoms with E-state index in [2.05, 4.69) is 15.6 Å². The van der Waals surface area contributed by atoms with Crippen molar-refractivity contribution in [2.45, 2.75) is 44.0 Å². The lowest BCUT2D eigenvalue weighted by Gasteiger charge is -2.33. The molecular weight excluding hydrogens is 378 g/mol. The molecule has 1 aromatic heterocycles. The molecule has 0 aliphatic carbocycles. The Hall–Kier alpha value is -2.70. The van der Waals surface area contributed by atoms with Crippen molar-refractivity contribution in [1.29, 1.82) is 0 Å². The molecule has 3 amide bonds. The highest BCUT2D eigenvalue weighted by atomic mass is 16.3. The average molecular weight is 404 g/mol. The summed E-state index contributed by atoms with van der Waals surface area (Å²) >= 11 is 0. The van der Waals surface area contributed by atoms with Gasteiger partial charge < -0.3 is 20.0 Å². The van der Waals surface area contributed by atoms with E-state index in [0.717, 1.165) is 44.3 Å². The Kier molecular flexibility index (Phi) is 7.60. The number of carbonyl (C=O) groups is 2. The van der Waals surface area contributed by atoms with Crippen molar-refractivity contribution in [2.75, 3.05) is 13.1 Å². The third kappa shape index (κ3) is 6.68. The summed E-state index contributed by atoms with van der Waals surface area (Å²) in [6.07, 6.45) is 6.98. The zero-order chi connectivity index (χ0) is 21.4. The highest BCUT2D eigenvalue weighted by molar-refractivity contribution is 6.40. The second-order valence-electron chi connectivity index (χ2n) is 7.81. The standard InChI is InChI=1S/C21H26B2N4O3/c22-21(23,26-20(29)25-14-18-13-24-15-30-18)10-4-5-16-8-11-27(12-9-16)19(28)17-6-2-1-3-7-17/h1-3,6-7,13,15-16H,4-5,8-12,14H2,(H2,25,26,29). The van der Waals surface area contributed by atoms with E-state index < -0.39 is 11.4 Å². The summed E-state index contributed by atoms with van der Waals surface area (Å²) in [5.41, 5.74) is 0.736. The summed E-state index contributed by atoms with van der Waals surface area (Å²) < 4.78 is 5.05. The van der Waals surface area contributed by atoms with Crippen LogP contribution in [0.2, 0.25) is 0 Å². The third-order valence-corrected chi connectivity index (χ3v) is 5.38. The van der Waals surface area contributed by atoms with E-state index in [4.69, 9.17) is 20.1 Å². The van der Waals surface area contributed by atoms with Gasteiger partial charge in [0.2, 0.25) is 0 Å². The molecule has 0 unspecified atom stereocenters. The molecule has 1 saturated heterocycles. The number of aromatic nitrogens is 1. The number of rotatable bonds is 8. The molecule has 0 bridgehead atoms. The fraction of sp³-hybridized carbons (Fsp3) is 0.476. The van der Waals surface area contributed by atoms with Crippen LogP contribution >= 0.6 is 0 Å². The molecule has 154 valence electrons. The van der Waals surface area contributed by atoms with Crippen molar-refractivity contribution in [3.63, 3.8) is 0 Å². The van der Waals surface area contributed by atoms with Gasteiger partial charge in [-0.05, 0) is 42.7 Å². The largest absolute Gasteiger partial charge is 0.447 e. The van der Waals surface area contributed by atoms with Gasteiger partial charge in [0.05, 0.1) is 28.4 Å². The number of oxazole rings is 1. The Morgan fingerprint density at radius 2 is 1.93 bits per heavy atom. The summed E-state index contributed by atoms with van der Waals surface area (Å²) in [6, 6.07) is 8.93. The van der Waals surface area contributed by atoms with E-state index in [9.17, 15) is 9.59 Å². The molecular formula is C21H26B2N4O3. The van der Waals surface area contributed by atoms with Gasteiger partial charge in [-0.1, -0.05) is 31.0 Å². The number of urea groups is 1. The van der Waals surface area contributed by atoms with Crippen LogP contribution in [0.1, 0.15) is 48.2 Å². The zero-order valence-electron chi connectivity index (χ0n) is 17.0. The predicted octanol–water partition coefficient (Wildman–Crippen LogP) is 2.19. The number of piperidine rings is 1. The van der Waals surface area contributed by atoms with Crippen LogP contribution in [0, 0.1) is 5.92 Å². The van der Waals surface area contributed by atoms with Crippen molar-refractivity contribution >= 4 is 27.6 Å². The molecule has 4 radical (unpaired) electrons. The lowest BCUT2D eigenvalue weighted by atomic mass is 9.59. The Morgan fingerprint density at radius 3 is 2.60 bits per heavy atom. The van der Waals surface area contributed by atoms with Gasteiger partial charge in [-0.2, -0.15) is 0 Å². The van der Waals surface area contributed by atoms with Crippen molar-refractivity contribution < 1.29 is 14.0 Å². The Labute approximate surface area is 179 Å². The van der Waals surface area contributed by atoms with Gasteiger partial charge in [0.1, 0.15) is 5.76 Å². The molecule has 2 heterocycles. The topological polar surface area (TPSA) is 87.5 Å². The molecule has 1 fully saturated rings. The maximum Gasteiger partial charge on any atom is 0.314 e. The van der Waals surface area contributed by atoms with E-state index >= 15 is 0 Å². The Morgan fingerprint density at radius 1 is 1.20 bits per heavy atom. The van der Waals surface area contributed by atoms with E-state index in [1.54, 1.807) is 0 Å². The highest BCUT2D eigenvalue weighted by Crippen LogP contribution is 2.24. The van der Waals surface area contributed by atoms with Crippen molar-refractivity contribution in [3.8, 4) is 0 Å². The first-order valence-corrected chi connectivity index (χ1v) is 10.3. The van der Waals surface area contributed by atoms with Gasteiger partial charge in [0, 0.05) is 18.7 Å². The fourth-order valence-electron chi connectivity index (χ4n) is 3.69. The average Bonchev–Trinajstić information content (AvgIpc) is 3.26. The molecule has 7 nitrogen and oxygen atoms in total. The Balaban J connectivity index is 1.33. The van der Waals surface area contributed by atoms with Crippen LogP contribution in [-0.4, -0.2) is 55.9 Å². The first-order chi connectivity index (χ1) is 14.4. The van der Waals surface area contributed by atoms with E-state index in [1.807, 2.05) is 35.2 Å². The van der Waals surface area contributed by atoms with Crippen LogP contribution in [0.3, 0.4) is 0 Å². The molecule has 0 saturated carbocycles. The van der Waals surface area contributed by atoms with E-state index in [0.29, 0.717) is 18.1 Å². The van der Waals surface area contributed by atoms with Gasteiger partial charge >= 0.3 is 6.03 Å². The number of carbonyl (C=O) groups excluding carboxylic acids is 2. The number of likely N-dealkylation sites (tertiary alicyclic amines) is 1. The minimum Gasteiger partial charge on any atom is -0.447 e. The molecule has 0 spiro atoms. The molecule has 2 aromatic rings. The van der Waals surface area contributed by atoms with Gasteiger partial charge in [0.25, 0.3) is 5.91 Å². The summed E-state index contributed by atoms with van der Waals surface area (Å²) in [7, 11) is 12.1. The van der Waals surface area contributed by atoms with Crippen LogP contribution in [0.5, 0.6) is 0 Å². The summed E-state index contributed by atoms with van der Waals surface area (Å²) in [4.78, 5) is 30.2. The minimum absolute atomic E-state index is 0.0949. The minimum atomic E-state index is -1.28. The second kappa shape index (κ2) is 10.4. The third-order valence-electron chi connectivity index (χ3n) is 5.38. The number of nitrogens with zero attached hydrogens (tertiary/aromatic N) is 2. The first kappa shape index (κ1) is 22.0. The quantitative estimate of drug-likeness (QED) is 0.661. The van der Waals surface area contributed by atoms with Gasteiger partial charge in [0.15, 0.2) is 6.39 Å². The van der Waals surface area contributed by atoms with Gasteiger partial charge in [-0.3, -0.25) is 4.79 Å². The van der Waals surface area contributed by atoms with E-state index in [1.165, 1.54) is 12.6 Å². The molecule has 0 atom stereocenters. The SMILES string of the molecule is [B]C([B])(CCCC1CCN(C(=O)c2ccccc2)CC1)NC(=O)NCc1cnco1. The van der Waals surface area contributed by atoms with Crippen LogP contribution in [-0.2, 0) is 6.54 Å². The van der Waals surface area contributed by atoms with Crippen LogP contribution in [0.15, 0.2) is 47.3 Å². The van der Waals surface area contributed by atoms with Crippen molar-refractivity contribution in [3.05, 3.63) is 54.2 Å². The molecule has 3 rings (SSSR count). The predicted molar refractivity (Wildman–Crippen MR) is 115 cm³/mol. The maximum atomic E-state index is 12.5. The Bertz CT molecular complexity index is 807. The smallest absolute Gasteiger partial charge is 0.314 e. The second-order valence-corrected chi connectivity index (χ2v) is 7.81. The van der Waals surface area contributed by atoms with Crippen molar-refractivity contribution in [2.24, 2.45) is 5.92 Å². The summed E-state index contributed by atoms with van der Waals surface area (Å²) in [6.45, 7) is 1.73. The summed E-state index contributed by atoms with van der Waals surface area (Å²) in [5, 5.41) is 3.93. The lowest BCUT2D eigenvalue weighted by molar-refractivity contribution is 0.0685. The van der Waals surface area contributed by atoms with Gasteiger partial charge in [-0.25, -0.2) is 9.78 Å². The van der Waals surface area contributed by atoms with Crippen LogP contribution in [0.4, 0.5) is 4.79 Å². The number of hydrogen-bond acceptors (Lipinski definition) is 4. The van der Waals surface area contributed by atoms with Crippen molar-refractivity contribution in [1.82, 2.24) is 20.5 Å². The van der Waals surface area contributed by atoms with Gasteiger partial charge in [-0.15, -0.1) is 0 Å². The zero-order valence-corrected chi connectivity index (χ0v) is 17.0. The molecule has 1 aliphatic heterocycles. The summed E-state index contributed by atoms with van der Waals surface area (Å²) in [5.74, 6) is 1.17. The molecule has 1 aromatic carbocycles. The normalized spacial score (nSPS) is 15.0. The number of benzene rings is 1. The van der Waals surface area contributed by atoms with E-state index in [-0.39, 0.29) is 12.5 Å². The highest BCUT2D eigenvalue weighted by Gasteiger charge is 2.25.